The van der Waals surface area contributed by atoms with Gasteiger partial charge in [0.25, 0.3) is 0 Å². The van der Waals surface area contributed by atoms with Gasteiger partial charge in [-0.05, 0) is 80.8 Å². The van der Waals surface area contributed by atoms with Crippen LogP contribution in [0.25, 0.3) is 0 Å². The maximum absolute atomic E-state index is 14.5. The van der Waals surface area contributed by atoms with Gasteiger partial charge in [-0.1, -0.05) is 34.4 Å². The highest BCUT2D eigenvalue weighted by Gasteiger charge is 2.60. The van der Waals surface area contributed by atoms with E-state index in [1.54, 1.807) is 45.9 Å². The second kappa shape index (κ2) is 8.23. The van der Waals surface area contributed by atoms with E-state index in [0.717, 1.165) is 0 Å². The molecule has 0 aliphatic carbocycles. The number of alkyl halides is 3. The van der Waals surface area contributed by atoms with E-state index in [1.807, 2.05) is 0 Å². The second-order valence-electron chi connectivity index (χ2n) is 8.32. The number of carbonyl (C=O) groups excluding carboxylic acids is 1. The summed E-state index contributed by atoms with van der Waals surface area (Å²) >= 11 is 17.5. The van der Waals surface area contributed by atoms with Crippen molar-refractivity contribution in [2.24, 2.45) is 5.16 Å². The smallest absolute Gasteiger partial charge is 0.367 e. The Bertz CT molecular complexity index is 1040. The van der Waals surface area contributed by atoms with Crippen LogP contribution >= 0.6 is 34.8 Å². The Morgan fingerprint density at radius 3 is 2.26 bits per heavy atom. The van der Waals surface area contributed by atoms with Crippen molar-refractivity contribution in [1.29, 1.82) is 0 Å². The first-order valence-corrected chi connectivity index (χ1v) is 10.5. The van der Waals surface area contributed by atoms with Crippen molar-refractivity contribution in [2.75, 3.05) is 0 Å². The molecular formula is C22H20Cl3F2NO3. The van der Waals surface area contributed by atoms with Crippen LogP contribution in [0.5, 0.6) is 0 Å². The number of hydrogen-bond donors (Lipinski definition) is 0. The zero-order valence-corrected chi connectivity index (χ0v) is 19.5. The van der Waals surface area contributed by atoms with E-state index < -0.39 is 22.6 Å². The van der Waals surface area contributed by atoms with Crippen LogP contribution in [0.3, 0.4) is 0 Å². The Balaban J connectivity index is 1.94. The molecule has 2 aromatic rings. The Morgan fingerprint density at radius 2 is 1.74 bits per heavy atom. The molecule has 1 atom stereocenters. The third-order valence-corrected chi connectivity index (χ3v) is 5.43. The lowest BCUT2D eigenvalue weighted by Gasteiger charge is -2.31. The molecule has 0 aromatic heterocycles. The van der Waals surface area contributed by atoms with Crippen LogP contribution in [0.4, 0.5) is 8.78 Å². The highest BCUT2D eigenvalue weighted by atomic mass is 35.5. The molecule has 3 rings (SSSR count). The third kappa shape index (κ3) is 4.97. The summed E-state index contributed by atoms with van der Waals surface area (Å²) in [5, 5.41) is 0.407. The molecule has 31 heavy (non-hydrogen) atoms. The van der Waals surface area contributed by atoms with E-state index in [1.165, 1.54) is 18.2 Å². The van der Waals surface area contributed by atoms with E-state index in [-0.39, 0.29) is 27.7 Å². The molecule has 166 valence electrons. The molecule has 1 unspecified atom stereocenters. The highest BCUT2D eigenvalue weighted by Crippen LogP contribution is 2.51. The van der Waals surface area contributed by atoms with Gasteiger partial charge in [0, 0.05) is 22.0 Å². The number of oxime groups is 1. The number of aryl methyl sites for hydroxylation is 1. The van der Waals surface area contributed by atoms with Gasteiger partial charge in [0.15, 0.2) is 0 Å². The fourth-order valence-corrected chi connectivity index (χ4v) is 3.99. The largest absolute Gasteiger partial charge is 0.456 e. The third-order valence-electron chi connectivity index (χ3n) is 4.69. The average molecular weight is 491 g/mol. The first kappa shape index (κ1) is 23.8. The van der Waals surface area contributed by atoms with Crippen LogP contribution in [0, 0.1) is 6.92 Å². The van der Waals surface area contributed by atoms with Crippen molar-refractivity contribution < 1.29 is 23.1 Å². The summed E-state index contributed by atoms with van der Waals surface area (Å²) in [7, 11) is 0. The van der Waals surface area contributed by atoms with Crippen molar-refractivity contribution in [3.8, 4) is 0 Å². The van der Waals surface area contributed by atoms with Crippen LogP contribution in [0.2, 0.25) is 10.0 Å². The molecule has 9 heteroatoms. The predicted octanol–water partition coefficient (Wildman–Crippen LogP) is 7.11. The molecule has 0 fully saturated rings. The molecule has 0 bridgehead atoms. The van der Waals surface area contributed by atoms with Crippen molar-refractivity contribution in [1.82, 2.24) is 0 Å². The van der Waals surface area contributed by atoms with Crippen molar-refractivity contribution in [2.45, 2.75) is 50.7 Å². The first-order chi connectivity index (χ1) is 14.2. The van der Waals surface area contributed by atoms with E-state index in [2.05, 4.69) is 5.16 Å². The van der Waals surface area contributed by atoms with Crippen LogP contribution in [-0.2, 0) is 15.2 Å². The van der Waals surface area contributed by atoms with E-state index in [4.69, 9.17) is 44.4 Å². The van der Waals surface area contributed by atoms with Gasteiger partial charge in [0.2, 0.25) is 5.60 Å². The van der Waals surface area contributed by atoms with Gasteiger partial charge in [-0.15, -0.1) is 0 Å². The number of hydrogen-bond acceptors (Lipinski definition) is 4. The maximum Gasteiger partial charge on any atom is 0.367 e. The minimum absolute atomic E-state index is 0.00541. The number of rotatable bonds is 4. The summed E-state index contributed by atoms with van der Waals surface area (Å²) < 4.78 is 34.5. The quantitative estimate of drug-likeness (QED) is 0.339. The topological polar surface area (TPSA) is 47.9 Å². The van der Waals surface area contributed by atoms with Crippen LogP contribution < -0.4 is 0 Å². The van der Waals surface area contributed by atoms with Gasteiger partial charge in [0.05, 0.1) is 11.3 Å². The van der Waals surface area contributed by atoms with Gasteiger partial charge in [-0.25, -0.2) is 4.79 Å². The molecule has 0 saturated heterocycles. The van der Waals surface area contributed by atoms with Crippen LogP contribution in [0.1, 0.15) is 54.2 Å². The van der Waals surface area contributed by atoms with Gasteiger partial charge >= 0.3 is 11.4 Å². The Hall–Kier alpha value is -1.89. The molecule has 1 aliphatic heterocycles. The average Bonchev–Trinajstić information content (AvgIpc) is 3.06. The molecule has 0 spiro atoms. The van der Waals surface area contributed by atoms with E-state index in [0.29, 0.717) is 16.7 Å². The van der Waals surface area contributed by atoms with Gasteiger partial charge < -0.3 is 9.57 Å². The number of benzene rings is 2. The molecule has 1 heterocycles. The molecule has 1 aliphatic rings. The summed E-state index contributed by atoms with van der Waals surface area (Å²) in [6, 6.07) is 8.88. The molecule has 0 radical (unpaired) electrons. The molecule has 4 nitrogen and oxygen atoms in total. The number of carbonyl (C=O) groups is 1. The predicted molar refractivity (Wildman–Crippen MR) is 118 cm³/mol. The Kier molecular flexibility index (Phi) is 6.31. The molecule has 0 saturated carbocycles. The van der Waals surface area contributed by atoms with Crippen LogP contribution in [0.15, 0.2) is 41.6 Å². The molecule has 0 N–H and O–H groups in total. The fraction of sp³-hybridized carbons (Fsp3) is 0.364. The second-order valence-corrected chi connectivity index (χ2v) is 9.67. The standard InChI is InChI=1S/C22H20Cl3F2NO3/c1-12-7-13(5-6-17(12)19(29)30-20(2,3)4)18-11-21(31-28-18,22(25,26)27)14-8-15(23)10-16(24)9-14/h5-10H,11H2,1-4H3. The zero-order chi connectivity index (χ0) is 23.2. The lowest BCUT2D eigenvalue weighted by Crippen LogP contribution is -2.42. The Morgan fingerprint density at radius 1 is 1.13 bits per heavy atom. The summed E-state index contributed by atoms with van der Waals surface area (Å²) in [6.07, 6.45) is -0.328. The molecule has 0 amide bonds. The maximum atomic E-state index is 14.5. The molecular weight excluding hydrogens is 471 g/mol. The van der Waals surface area contributed by atoms with Gasteiger partial charge in [-0.3, -0.25) is 0 Å². The van der Waals surface area contributed by atoms with Crippen molar-refractivity contribution in [3.05, 3.63) is 68.7 Å². The number of nitrogens with zero attached hydrogens (tertiary/aromatic N) is 1. The van der Waals surface area contributed by atoms with Gasteiger partial charge in [0.1, 0.15) is 5.60 Å². The SMILES string of the molecule is Cc1cc(C2=NOC(c3cc(Cl)cc(Cl)c3)(C(F)(F)Cl)C2)ccc1C(=O)OC(C)(C)C. The summed E-state index contributed by atoms with van der Waals surface area (Å²) in [4.78, 5) is 17.6. The van der Waals surface area contributed by atoms with E-state index in [9.17, 15) is 13.6 Å². The van der Waals surface area contributed by atoms with Crippen LogP contribution in [-0.4, -0.2) is 22.7 Å². The Labute approximate surface area is 194 Å². The normalized spacial score (nSPS) is 19.1. The summed E-state index contributed by atoms with van der Waals surface area (Å²) in [5.41, 5.74) is -1.18. The number of halogens is 5. The molecule has 2 aromatic carbocycles. The summed E-state index contributed by atoms with van der Waals surface area (Å²) in [5.74, 6) is -0.476. The van der Waals surface area contributed by atoms with Crippen molar-refractivity contribution >= 4 is 46.5 Å². The lowest BCUT2D eigenvalue weighted by molar-refractivity contribution is -0.155. The number of ether oxygens (including phenoxy) is 1. The van der Waals surface area contributed by atoms with E-state index >= 15 is 0 Å². The monoisotopic (exact) mass is 489 g/mol. The lowest BCUT2D eigenvalue weighted by atomic mass is 9.86. The van der Waals surface area contributed by atoms with Crippen molar-refractivity contribution in [3.63, 3.8) is 0 Å². The highest BCUT2D eigenvalue weighted by molar-refractivity contribution is 6.34. The summed E-state index contributed by atoms with van der Waals surface area (Å²) in [6.45, 7) is 7.03. The zero-order valence-electron chi connectivity index (χ0n) is 17.2. The van der Waals surface area contributed by atoms with Gasteiger partial charge in [-0.2, -0.15) is 8.78 Å². The fourth-order valence-electron chi connectivity index (χ4n) is 3.25. The number of esters is 1. The minimum Gasteiger partial charge on any atom is -0.456 e. The minimum atomic E-state index is -3.81. The first-order valence-electron chi connectivity index (χ1n) is 9.34.